The van der Waals surface area contributed by atoms with Crippen LogP contribution in [0.2, 0.25) is 0 Å². The van der Waals surface area contributed by atoms with Gasteiger partial charge in [-0.2, -0.15) is 0 Å². The van der Waals surface area contributed by atoms with E-state index >= 15 is 0 Å². The Balaban J connectivity index is 1.76. The monoisotopic (exact) mass is 387 g/mol. The second kappa shape index (κ2) is 8.10. The van der Waals surface area contributed by atoms with Crippen molar-refractivity contribution in [2.75, 3.05) is 24.4 Å². The molecule has 0 spiro atoms. The second-order valence-corrected chi connectivity index (χ2v) is 8.65. The number of amides is 1. The molecule has 1 heterocycles. The van der Waals surface area contributed by atoms with E-state index in [0.717, 1.165) is 18.4 Å². The summed E-state index contributed by atoms with van der Waals surface area (Å²) in [6.45, 7) is 3.88. The van der Waals surface area contributed by atoms with Crippen molar-refractivity contribution in [1.82, 2.24) is 4.90 Å². The van der Waals surface area contributed by atoms with Crippen LogP contribution in [0.25, 0.3) is 0 Å². The lowest BCUT2D eigenvalue weighted by Crippen LogP contribution is -2.40. The van der Waals surface area contributed by atoms with E-state index in [9.17, 15) is 13.2 Å². The fraction of sp³-hybridized carbons (Fsp3) is 0.350. The minimum atomic E-state index is -3.76. The average molecular weight is 388 g/mol. The standard InChI is InChI=1S/C20H25N3O3S/c1-15-5-7-18(8-6-15)22-27(25,26)19-4-2-3-17(13-19)20(24)23-11-9-16(14-21)10-12-23/h2-8,13,16,22H,9-12,14,21H2,1H3. The van der Waals surface area contributed by atoms with Gasteiger partial charge in [0, 0.05) is 24.3 Å². The first-order valence-corrected chi connectivity index (χ1v) is 10.6. The SMILES string of the molecule is Cc1ccc(NS(=O)(=O)c2cccc(C(=O)N3CCC(CN)CC3)c2)cc1. The summed E-state index contributed by atoms with van der Waals surface area (Å²) < 4.78 is 27.9. The molecule has 3 N–H and O–H groups in total. The third kappa shape index (κ3) is 4.67. The quantitative estimate of drug-likeness (QED) is 0.825. The Kier molecular flexibility index (Phi) is 5.82. The van der Waals surface area contributed by atoms with Crippen molar-refractivity contribution in [2.45, 2.75) is 24.7 Å². The molecular formula is C20H25N3O3S. The topological polar surface area (TPSA) is 92.5 Å². The van der Waals surface area contributed by atoms with Gasteiger partial charge in [0.15, 0.2) is 0 Å². The summed E-state index contributed by atoms with van der Waals surface area (Å²) in [4.78, 5) is 14.6. The van der Waals surface area contributed by atoms with E-state index in [0.29, 0.717) is 36.8 Å². The summed E-state index contributed by atoms with van der Waals surface area (Å²) in [6.07, 6.45) is 1.77. The van der Waals surface area contributed by atoms with Crippen LogP contribution in [0.1, 0.15) is 28.8 Å². The summed E-state index contributed by atoms with van der Waals surface area (Å²) in [5, 5.41) is 0. The fourth-order valence-electron chi connectivity index (χ4n) is 3.19. The molecule has 0 radical (unpaired) electrons. The molecule has 2 aromatic carbocycles. The van der Waals surface area contributed by atoms with Gasteiger partial charge in [0.05, 0.1) is 4.90 Å². The molecule has 27 heavy (non-hydrogen) atoms. The Labute approximate surface area is 160 Å². The van der Waals surface area contributed by atoms with Gasteiger partial charge < -0.3 is 10.6 Å². The van der Waals surface area contributed by atoms with Crippen LogP contribution < -0.4 is 10.5 Å². The Morgan fingerprint density at radius 1 is 1.15 bits per heavy atom. The van der Waals surface area contributed by atoms with Crippen molar-refractivity contribution in [3.05, 3.63) is 59.7 Å². The molecule has 1 aliphatic heterocycles. The smallest absolute Gasteiger partial charge is 0.261 e. The minimum Gasteiger partial charge on any atom is -0.339 e. The highest BCUT2D eigenvalue weighted by Crippen LogP contribution is 2.21. The van der Waals surface area contributed by atoms with Crippen LogP contribution in [0.3, 0.4) is 0 Å². The van der Waals surface area contributed by atoms with E-state index in [1.807, 2.05) is 19.1 Å². The number of nitrogens with zero attached hydrogens (tertiary/aromatic N) is 1. The van der Waals surface area contributed by atoms with Gasteiger partial charge in [-0.05, 0) is 62.6 Å². The van der Waals surface area contributed by atoms with E-state index in [1.54, 1.807) is 29.2 Å². The number of nitrogens with one attached hydrogen (secondary N) is 1. The van der Waals surface area contributed by atoms with Crippen LogP contribution in [0.15, 0.2) is 53.4 Å². The van der Waals surface area contributed by atoms with E-state index < -0.39 is 10.0 Å². The third-order valence-corrected chi connectivity index (χ3v) is 6.31. The molecular weight excluding hydrogens is 362 g/mol. The van der Waals surface area contributed by atoms with Gasteiger partial charge in [0.2, 0.25) is 0 Å². The lowest BCUT2D eigenvalue weighted by molar-refractivity contribution is 0.0693. The summed E-state index contributed by atoms with van der Waals surface area (Å²) in [7, 11) is -3.76. The van der Waals surface area contributed by atoms with Gasteiger partial charge in [-0.25, -0.2) is 8.42 Å². The molecule has 1 aliphatic rings. The van der Waals surface area contributed by atoms with E-state index in [-0.39, 0.29) is 10.8 Å². The number of anilines is 1. The first kappa shape index (κ1) is 19.4. The molecule has 1 fully saturated rings. The number of hydrogen-bond donors (Lipinski definition) is 2. The zero-order valence-corrected chi connectivity index (χ0v) is 16.2. The molecule has 2 aromatic rings. The highest BCUT2D eigenvalue weighted by molar-refractivity contribution is 7.92. The number of rotatable bonds is 5. The average Bonchev–Trinajstić information content (AvgIpc) is 2.69. The Bertz CT molecular complexity index is 902. The number of likely N-dealkylation sites (tertiary alicyclic amines) is 1. The fourth-order valence-corrected chi connectivity index (χ4v) is 4.29. The second-order valence-electron chi connectivity index (χ2n) is 6.97. The molecule has 0 aliphatic carbocycles. The number of carbonyl (C=O) groups excluding carboxylic acids is 1. The maximum Gasteiger partial charge on any atom is 0.261 e. The largest absolute Gasteiger partial charge is 0.339 e. The molecule has 0 atom stereocenters. The van der Waals surface area contributed by atoms with Gasteiger partial charge in [0.25, 0.3) is 15.9 Å². The van der Waals surface area contributed by atoms with Crippen molar-refractivity contribution < 1.29 is 13.2 Å². The summed E-state index contributed by atoms with van der Waals surface area (Å²) in [5.74, 6) is 0.317. The summed E-state index contributed by atoms with van der Waals surface area (Å²) >= 11 is 0. The Morgan fingerprint density at radius 2 is 1.81 bits per heavy atom. The molecule has 144 valence electrons. The van der Waals surface area contributed by atoms with Crippen LogP contribution >= 0.6 is 0 Å². The molecule has 7 heteroatoms. The molecule has 0 bridgehead atoms. The van der Waals surface area contributed by atoms with Crippen molar-refractivity contribution in [3.8, 4) is 0 Å². The lowest BCUT2D eigenvalue weighted by atomic mass is 9.96. The lowest BCUT2D eigenvalue weighted by Gasteiger charge is -2.31. The maximum absolute atomic E-state index is 12.7. The number of nitrogens with two attached hydrogens (primary N) is 1. The molecule has 1 saturated heterocycles. The number of hydrogen-bond acceptors (Lipinski definition) is 4. The van der Waals surface area contributed by atoms with Gasteiger partial charge >= 0.3 is 0 Å². The van der Waals surface area contributed by atoms with Crippen molar-refractivity contribution in [1.29, 1.82) is 0 Å². The predicted octanol–water partition coefficient (Wildman–Crippen LogP) is 2.61. The van der Waals surface area contributed by atoms with Crippen LogP contribution in [-0.2, 0) is 10.0 Å². The zero-order valence-electron chi connectivity index (χ0n) is 15.4. The number of aryl methyl sites for hydroxylation is 1. The molecule has 3 rings (SSSR count). The molecule has 0 unspecified atom stereocenters. The van der Waals surface area contributed by atoms with Gasteiger partial charge in [-0.1, -0.05) is 23.8 Å². The Hall–Kier alpha value is -2.38. The van der Waals surface area contributed by atoms with E-state index in [4.69, 9.17) is 5.73 Å². The summed E-state index contributed by atoms with van der Waals surface area (Å²) in [6, 6.07) is 13.3. The van der Waals surface area contributed by atoms with Gasteiger partial charge in [-0.15, -0.1) is 0 Å². The van der Waals surface area contributed by atoms with Gasteiger partial charge in [-0.3, -0.25) is 9.52 Å². The van der Waals surface area contributed by atoms with E-state index in [2.05, 4.69) is 4.72 Å². The van der Waals surface area contributed by atoms with Gasteiger partial charge in [0.1, 0.15) is 0 Å². The number of benzene rings is 2. The third-order valence-electron chi connectivity index (χ3n) is 4.93. The molecule has 6 nitrogen and oxygen atoms in total. The predicted molar refractivity (Wildman–Crippen MR) is 106 cm³/mol. The maximum atomic E-state index is 12.7. The number of sulfonamides is 1. The first-order valence-electron chi connectivity index (χ1n) is 9.08. The van der Waals surface area contributed by atoms with E-state index in [1.165, 1.54) is 12.1 Å². The van der Waals surface area contributed by atoms with Crippen molar-refractivity contribution in [3.63, 3.8) is 0 Å². The van der Waals surface area contributed by atoms with Crippen molar-refractivity contribution in [2.24, 2.45) is 11.7 Å². The van der Waals surface area contributed by atoms with Crippen LogP contribution in [0.5, 0.6) is 0 Å². The van der Waals surface area contributed by atoms with Crippen LogP contribution in [0.4, 0.5) is 5.69 Å². The zero-order chi connectivity index (χ0) is 19.4. The molecule has 0 saturated carbocycles. The van der Waals surface area contributed by atoms with Crippen LogP contribution in [-0.4, -0.2) is 38.9 Å². The number of piperidine rings is 1. The highest BCUT2D eigenvalue weighted by atomic mass is 32.2. The molecule has 1 amide bonds. The first-order chi connectivity index (χ1) is 12.9. The number of carbonyl (C=O) groups is 1. The molecule has 0 aromatic heterocycles. The summed E-state index contributed by atoms with van der Waals surface area (Å²) in [5.41, 5.74) is 7.61. The Morgan fingerprint density at radius 3 is 2.44 bits per heavy atom. The van der Waals surface area contributed by atoms with Crippen molar-refractivity contribution >= 4 is 21.6 Å². The normalized spacial score (nSPS) is 15.6. The minimum absolute atomic E-state index is 0.0748. The van der Waals surface area contributed by atoms with Crippen LogP contribution in [0, 0.1) is 12.8 Å². The highest BCUT2D eigenvalue weighted by Gasteiger charge is 2.24.